The maximum atomic E-state index is 14.4. The number of amides is 1. The van der Waals surface area contributed by atoms with Gasteiger partial charge in [-0.3, -0.25) is 14.2 Å². The molecule has 3 aromatic heterocycles. The zero-order valence-corrected chi connectivity index (χ0v) is 27.2. The monoisotopic (exact) mass is 660 g/mol. The van der Waals surface area contributed by atoms with Crippen LogP contribution in [-0.2, 0) is 17.9 Å². The molecule has 0 spiro atoms. The van der Waals surface area contributed by atoms with E-state index < -0.39 is 0 Å². The molecule has 0 radical (unpaired) electrons. The van der Waals surface area contributed by atoms with Crippen molar-refractivity contribution in [2.75, 3.05) is 5.73 Å². The van der Waals surface area contributed by atoms with E-state index in [4.69, 9.17) is 27.4 Å². The van der Waals surface area contributed by atoms with Crippen molar-refractivity contribution in [3.05, 3.63) is 105 Å². The number of aromatic nitrogens is 6. The van der Waals surface area contributed by atoms with Crippen LogP contribution >= 0.6 is 11.6 Å². The van der Waals surface area contributed by atoms with Gasteiger partial charge in [-0.1, -0.05) is 59.8 Å². The molecule has 242 valence electrons. The van der Waals surface area contributed by atoms with Gasteiger partial charge in [-0.2, -0.15) is 5.10 Å². The zero-order valence-electron chi connectivity index (χ0n) is 26.4. The highest BCUT2D eigenvalue weighted by molar-refractivity contribution is 6.31. The number of carbonyl (C=O) groups is 1. The van der Waals surface area contributed by atoms with Gasteiger partial charge in [0, 0.05) is 35.0 Å². The Hall–Kier alpha value is -5.73. The van der Waals surface area contributed by atoms with Gasteiger partial charge in [-0.15, -0.1) is 0 Å². The Morgan fingerprint density at radius 1 is 1.04 bits per heavy atom. The molecule has 6 rings (SSSR count). The highest BCUT2D eigenvalue weighted by Gasteiger charge is 2.21. The highest BCUT2D eigenvalue weighted by atomic mass is 35.5. The number of carbonyl (C=O) groups excluding carboxylic acids is 1. The standard InChI is InChI=1S/C36H33ClN8O3/c1-22(2)41-30(47)17-5-3-4-10-23-12-9-16-28-31(23)36(48)44(19-25-11-6-7-15-27(25)37)29(42-28)20-45-35-32(34(38)39-21-40-35)33(43-45)24-13-8-14-26(46)18-24/h6-9,11-16,18,21-22,46H,3,5,17,19-20H2,1-2H3,(H,41,47)(H2,38,39,40). The molecular weight excluding hydrogens is 628 g/mol. The average Bonchev–Trinajstić information content (AvgIpc) is 3.42. The number of rotatable bonds is 9. The minimum Gasteiger partial charge on any atom is -0.508 e. The van der Waals surface area contributed by atoms with Crippen molar-refractivity contribution in [3.8, 4) is 28.8 Å². The quantitative estimate of drug-likeness (QED) is 0.140. The lowest BCUT2D eigenvalue weighted by molar-refractivity contribution is -0.121. The number of hydrogen-bond acceptors (Lipinski definition) is 8. The molecule has 11 nitrogen and oxygen atoms in total. The number of anilines is 1. The molecule has 0 fully saturated rings. The van der Waals surface area contributed by atoms with E-state index in [-0.39, 0.29) is 42.2 Å². The number of unbranched alkanes of at least 4 members (excludes halogenated alkanes) is 1. The Morgan fingerprint density at radius 3 is 2.65 bits per heavy atom. The summed E-state index contributed by atoms with van der Waals surface area (Å²) in [6.45, 7) is 4.06. The predicted octanol–water partition coefficient (Wildman–Crippen LogP) is 5.29. The van der Waals surface area contributed by atoms with Crippen molar-refractivity contribution in [2.45, 2.75) is 52.2 Å². The summed E-state index contributed by atoms with van der Waals surface area (Å²) in [5, 5.41) is 19.3. The van der Waals surface area contributed by atoms with Gasteiger partial charge in [0.1, 0.15) is 36.0 Å². The van der Waals surface area contributed by atoms with Crippen molar-refractivity contribution in [1.82, 2.24) is 34.6 Å². The molecule has 48 heavy (non-hydrogen) atoms. The molecule has 0 bridgehead atoms. The Morgan fingerprint density at radius 2 is 1.85 bits per heavy atom. The summed E-state index contributed by atoms with van der Waals surface area (Å²) >= 11 is 6.56. The van der Waals surface area contributed by atoms with Crippen LogP contribution in [0.15, 0.2) is 77.9 Å². The van der Waals surface area contributed by atoms with Crippen LogP contribution in [0, 0.1) is 11.8 Å². The molecule has 0 aliphatic heterocycles. The molecule has 4 N–H and O–H groups in total. The molecule has 3 heterocycles. The van der Waals surface area contributed by atoms with Gasteiger partial charge in [0.15, 0.2) is 5.65 Å². The van der Waals surface area contributed by atoms with E-state index in [1.807, 2.05) is 44.2 Å². The third kappa shape index (κ3) is 6.84. The third-order valence-electron chi connectivity index (χ3n) is 7.70. The number of nitrogens with zero attached hydrogens (tertiary/aromatic N) is 6. The van der Waals surface area contributed by atoms with Crippen molar-refractivity contribution in [2.24, 2.45) is 0 Å². The Balaban J connectivity index is 1.44. The Bertz CT molecular complexity index is 2280. The fraction of sp³-hybridized carbons (Fsp3) is 0.222. The van der Waals surface area contributed by atoms with E-state index in [2.05, 4.69) is 27.1 Å². The number of phenols is 1. The second-order valence-electron chi connectivity index (χ2n) is 11.6. The number of phenolic OH excluding ortho intramolecular Hbond substituents is 1. The first-order chi connectivity index (χ1) is 23.2. The molecule has 0 saturated carbocycles. The van der Waals surface area contributed by atoms with E-state index in [0.717, 1.165) is 5.56 Å². The molecule has 1 amide bonds. The number of halogens is 1. The number of benzene rings is 3. The van der Waals surface area contributed by atoms with Crippen molar-refractivity contribution in [1.29, 1.82) is 0 Å². The van der Waals surface area contributed by atoms with E-state index in [1.54, 1.807) is 45.6 Å². The lowest BCUT2D eigenvalue weighted by atomic mass is 10.1. The number of nitrogens with two attached hydrogens (primary N) is 1. The largest absolute Gasteiger partial charge is 0.508 e. The first-order valence-electron chi connectivity index (χ1n) is 15.5. The minimum atomic E-state index is -0.282. The smallest absolute Gasteiger partial charge is 0.263 e. The summed E-state index contributed by atoms with van der Waals surface area (Å²) < 4.78 is 3.21. The Labute approximate surface area is 281 Å². The van der Waals surface area contributed by atoms with Crippen molar-refractivity contribution in [3.63, 3.8) is 0 Å². The summed E-state index contributed by atoms with van der Waals surface area (Å²) in [7, 11) is 0. The van der Waals surface area contributed by atoms with Gasteiger partial charge in [0.05, 0.1) is 22.8 Å². The third-order valence-corrected chi connectivity index (χ3v) is 8.07. The maximum Gasteiger partial charge on any atom is 0.263 e. The molecule has 0 saturated heterocycles. The maximum absolute atomic E-state index is 14.4. The predicted molar refractivity (Wildman–Crippen MR) is 187 cm³/mol. The van der Waals surface area contributed by atoms with Crippen LogP contribution in [0.25, 0.3) is 33.2 Å². The molecular formula is C36H33ClN8O3. The van der Waals surface area contributed by atoms with Crippen molar-refractivity contribution >= 4 is 45.3 Å². The van der Waals surface area contributed by atoms with Crippen LogP contribution in [0.3, 0.4) is 0 Å². The fourth-order valence-electron chi connectivity index (χ4n) is 5.51. The summed E-state index contributed by atoms with van der Waals surface area (Å²) in [6.07, 6.45) is 2.84. The molecule has 0 unspecified atom stereocenters. The van der Waals surface area contributed by atoms with E-state index in [1.165, 1.54) is 6.33 Å². The molecule has 12 heteroatoms. The van der Waals surface area contributed by atoms with Gasteiger partial charge < -0.3 is 16.2 Å². The lowest BCUT2D eigenvalue weighted by Crippen LogP contribution is -2.29. The average molecular weight is 661 g/mol. The molecule has 0 atom stereocenters. The van der Waals surface area contributed by atoms with E-state index in [9.17, 15) is 14.7 Å². The Kier molecular flexibility index (Phi) is 9.36. The first kappa shape index (κ1) is 32.2. The van der Waals surface area contributed by atoms with E-state index >= 15 is 0 Å². The second kappa shape index (κ2) is 13.9. The van der Waals surface area contributed by atoms with Crippen LogP contribution < -0.4 is 16.6 Å². The molecule has 6 aromatic rings. The molecule has 0 aliphatic rings. The lowest BCUT2D eigenvalue weighted by Gasteiger charge is -2.15. The van der Waals surface area contributed by atoms with Gasteiger partial charge in [0.25, 0.3) is 5.56 Å². The minimum absolute atomic E-state index is 0.00991. The summed E-state index contributed by atoms with van der Waals surface area (Å²) in [5.74, 6) is 6.98. The zero-order chi connectivity index (χ0) is 33.8. The van der Waals surface area contributed by atoms with Gasteiger partial charge >= 0.3 is 0 Å². The molecule has 0 aliphatic carbocycles. The summed E-state index contributed by atoms with van der Waals surface area (Å²) in [5.41, 5.74) is 9.35. The van der Waals surface area contributed by atoms with Crippen LogP contribution in [0.1, 0.15) is 50.1 Å². The van der Waals surface area contributed by atoms with Gasteiger partial charge in [-0.25, -0.2) is 19.6 Å². The number of hydrogen-bond donors (Lipinski definition) is 3. The first-order valence-corrected chi connectivity index (χ1v) is 15.9. The number of fused-ring (bicyclic) bond motifs is 2. The van der Waals surface area contributed by atoms with Crippen molar-refractivity contribution < 1.29 is 9.90 Å². The SMILES string of the molecule is CC(C)NC(=O)CCCC#Cc1cccc2nc(Cn3nc(-c4cccc(O)c4)c4c(N)ncnc43)n(Cc3ccccc3Cl)c(=O)c12. The number of nitrogen functional groups attached to an aromatic ring is 1. The van der Waals surface area contributed by atoms with Gasteiger partial charge in [0.2, 0.25) is 5.91 Å². The van der Waals surface area contributed by atoms with Crippen LogP contribution in [0.4, 0.5) is 5.82 Å². The fourth-order valence-corrected chi connectivity index (χ4v) is 5.71. The summed E-state index contributed by atoms with van der Waals surface area (Å²) in [6, 6.07) is 19.5. The number of aromatic hydroxyl groups is 1. The molecule has 3 aromatic carbocycles. The normalized spacial score (nSPS) is 11.2. The highest BCUT2D eigenvalue weighted by Crippen LogP contribution is 2.32. The van der Waals surface area contributed by atoms with Crippen LogP contribution in [0.5, 0.6) is 5.75 Å². The number of nitrogens with one attached hydrogen (secondary N) is 1. The summed E-state index contributed by atoms with van der Waals surface area (Å²) in [4.78, 5) is 40.0. The van der Waals surface area contributed by atoms with E-state index in [0.29, 0.717) is 68.9 Å². The second-order valence-corrected chi connectivity index (χ2v) is 12.0. The topological polar surface area (TPSA) is 154 Å². The van der Waals surface area contributed by atoms with Crippen LogP contribution in [-0.4, -0.2) is 46.4 Å². The van der Waals surface area contributed by atoms with Gasteiger partial charge in [-0.05, 0) is 56.2 Å². The van der Waals surface area contributed by atoms with Crippen LogP contribution in [0.2, 0.25) is 5.02 Å².